The summed E-state index contributed by atoms with van der Waals surface area (Å²) in [4.78, 5) is 2.37. The molecule has 0 bridgehead atoms. The number of thiophene rings is 1. The maximum atomic E-state index is 9.38. The minimum atomic E-state index is 0.0988. The molecule has 0 aromatic carbocycles. The molecule has 2 heterocycles. The third kappa shape index (κ3) is 2.30. The van der Waals surface area contributed by atoms with E-state index in [1.54, 1.807) is 11.3 Å². The lowest BCUT2D eigenvalue weighted by Gasteiger charge is -2.34. The fraction of sp³-hybridized carbons (Fsp3) is 0.667. The van der Waals surface area contributed by atoms with E-state index in [1.807, 2.05) is 0 Å². The van der Waals surface area contributed by atoms with Gasteiger partial charge >= 0.3 is 0 Å². The van der Waals surface area contributed by atoms with Gasteiger partial charge in [0.15, 0.2) is 0 Å². The maximum absolute atomic E-state index is 9.38. The Balaban J connectivity index is 2.19. The van der Waals surface area contributed by atoms with E-state index >= 15 is 0 Å². The van der Waals surface area contributed by atoms with Crippen LogP contribution in [0.3, 0.4) is 0 Å². The molecule has 3 nitrogen and oxygen atoms in total. The minimum Gasteiger partial charge on any atom is -0.395 e. The van der Waals surface area contributed by atoms with Crippen molar-refractivity contribution < 1.29 is 5.11 Å². The van der Waals surface area contributed by atoms with E-state index < -0.39 is 0 Å². The summed E-state index contributed by atoms with van der Waals surface area (Å²) < 4.78 is 0. The first kappa shape index (κ1) is 12.0. The minimum absolute atomic E-state index is 0.0988. The number of aliphatic hydroxyl groups excluding tert-OH is 1. The van der Waals surface area contributed by atoms with Gasteiger partial charge in [-0.25, -0.2) is 0 Å². The Hall–Kier alpha value is -0.420. The van der Waals surface area contributed by atoms with Crippen molar-refractivity contribution in [1.82, 2.24) is 4.90 Å². The molecule has 2 rings (SSSR count). The molecule has 0 amide bonds. The van der Waals surface area contributed by atoms with Crippen LogP contribution in [-0.4, -0.2) is 35.2 Å². The van der Waals surface area contributed by atoms with Crippen LogP contribution >= 0.6 is 11.3 Å². The van der Waals surface area contributed by atoms with Gasteiger partial charge < -0.3 is 10.8 Å². The summed E-state index contributed by atoms with van der Waals surface area (Å²) in [7, 11) is 0. The Kier molecular flexibility index (Phi) is 3.97. The predicted octanol–water partition coefficient (Wildman–Crippen LogP) is 1.59. The van der Waals surface area contributed by atoms with Crippen LogP contribution in [0.5, 0.6) is 0 Å². The smallest absolute Gasteiger partial charge is 0.0587 e. The Bertz CT molecular complexity index is 313. The van der Waals surface area contributed by atoms with Crippen LogP contribution in [-0.2, 0) is 0 Å². The first-order chi connectivity index (χ1) is 7.74. The van der Waals surface area contributed by atoms with Gasteiger partial charge in [0.2, 0.25) is 0 Å². The predicted molar refractivity (Wildman–Crippen MR) is 67.5 cm³/mol. The number of rotatable bonds is 4. The lowest BCUT2D eigenvalue weighted by Crippen LogP contribution is -2.43. The van der Waals surface area contributed by atoms with E-state index in [1.165, 1.54) is 12.0 Å². The Morgan fingerprint density at radius 3 is 3.06 bits per heavy atom. The van der Waals surface area contributed by atoms with Crippen LogP contribution in [0.1, 0.15) is 31.4 Å². The number of hydrogen-bond acceptors (Lipinski definition) is 4. The quantitative estimate of drug-likeness (QED) is 0.840. The van der Waals surface area contributed by atoms with E-state index in [-0.39, 0.29) is 24.7 Å². The third-order valence-electron chi connectivity index (χ3n) is 3.37. The number of aliphatic hydroxyl groups is 1. The van der Waals surface area contributed by atoms with Crippen molar-refractivity contribution in [1.29, 1.82) is 0 Å². The molecule has 3 unspecified atom stereocenters. The van der Waals surface area contributed by atoms with Gasteiger partial charge in [0.25, 0.3) is 0 Å². The molecule has 4 heteroatoms. The summed E-state index contributed by atoms with van der Waals surface area (Å²) in [5, 5.41) is 13.6. The normalized spacial score (nSPS) is 25.8. The molecule has 1 aliphatic heterocycles. The number of hydrogen-bond donors (Lipinski definition) is 2. The van der Waals surface area contributed by atoms with Gasteiger partial charge in [0.1, 0.15) is 0 Å². The number of nitrogens with two attached hydrogens (primary N) is 1. The van der Waals surface area contributed by atoms with Crippen LogP contribution in [0, 0.1) is 0 Å². The second kappa shape index (κ2) is 5.27. The SMILES string of the molecule is CC(N)C(c1ccsc1)N1CCCC1CO. The average Bonchev–Trinajstić information content (AvgIpc) is 2.88. The molecule has 1 aliphatic rings. The maximum Gasteiger partial charge on any atom is 0.0587 e. The first-order valence-electron chi connectivity index (χ1n) is 5.88. The van der Waals surface area contributed by atoms with Gasteiger partial charge in [0, 0.05) is 12.1 Å². The zero-order chi connectivity index (χ0) is 11.5. The molecule has 16 heavy (non-hydrogen) atoms. The highest BCUT2D eigenvalue weighted by atomic mass is 32.1. The van der Waals surface area contributed by atoms with Gasteiger partial charge in [-0.3, -0.25) is 4.90 Å². The number of nitrogens with zero attached hydrogens (tertiary/aromatic N) is 1. The lowest BCUT2D eigenvalue weighted by atomic mass is 10.0. The van der Waals surface area contributed by atoms with Crippen molar-refractivity contribution in [2.24, 2.45) is 5.73 Å². The molecule has 1 saturated heterocycles. The van der Waals surface area contributed by atoms with E-state index in [0.29, 0.717) is 0 Å². The standard InChI is InChI=1S/C12H20N2OS/c1-9(13)12(10-4-6-16-8-10)14-5-2-3-11(14)7-15/h4,6,8-9,11-12,15H,2-3,5,7,13H2,1H3. The molecule has 0 saturated carbocycles. The summed E-state index contributed by atoms with van der Waals surface area (Å²) in [6.07, 6.45) is 2.25. The van der Waals surface area contributed by atoms with E-state index in [4.69, 9.17) is 5.73 Å². The first-order valence-corrected chi connectivity index (χ1v) is 6.82. The highest BCUT2D eigenvalue weighted by Gasteiger charge is 2.33. The molecule has 90 valence electrons. The molecule has 0 aliphatic carbocycles. The van der Waals surface area contributed by atoms with Crippen molar-refractivity contribution in [2.45, 2.75) is 37.9 Å². The van der Waals surface area contributed by atoms with E-state index in [0.717, 1.165) is 13.0 Å². The molecular weight excluding hydrogens is 220 g/mol. The zero-order valence-corrected chi connectivity index (χ0v) is 10.5. The van der Waals surface area contributed by atoms with E-state index in [2.05, 4.69) is 28.7 Å². The molecule has 3 atom stereocenters. The highest BCUT2D eigenvalue weighted by molar-refractivity contribution is 7.07. The molecule has 0 radical (unpaired) electrons. The van der Waals surface area contributed by atoms with Gasteiger partial charge in [0.05, 0.1) is 12.6 Å². The van der Waals surface area contributed by atoms with Crippen LogP contribution in [0.15, 0.2) is 16.8 Å². The average molecular weight is 240 g/mol. The fourth-order valence-corrected chi connectivity index (χ4v) is 3.35. The second-order valence-electron chi connectivity index (χ2n) is 4.58. The van der Waals surface area contributed by atoms with Gasteiger partial charge in [-0.1, -0.05) is 0 Å². The monoisotopic (exact) mass is 240 g/mol. The number of likely N-dealkylation sites (tertiary alicyclic amines) is 1. The highest BCUT2D eigenvalue weighted by Crippen LogP contribution is 2.32. The molecule has 1 aromatic heterocycles. The molecule has 1 fully saturated rings. The molecule has 3 N–H and O–H groups in total. The summed E-state index contributed by atoms with van der Waals surface area (Å²) in [6, 6.07) is 2.79. The Labute approximate surface area is 101 Å². The van der Waals surface area contributed by atoms with Crippen LogP contribution in [0.4, 0.5) is 0 Å². The van der Waals surface area contributed by atoms with Crippen LogP contribution in [0.25, 0.3) is 0 Å². The Morgan fingerprint density at radius 2 is 2.50 bits per heavy atom. The largest absolute Gasteiger partial charge is 0.395 e. The Morgan fingerprint density at radius 1 is 1.69 bits per heavy atom. The lowest BCUT2D eigenvalue weighted by molar-refractivity contribution is 0.108. The third-order valence-corrected chi connectivity index (χ3v) is 4.07. The van der Waals surface area contributed by atoms with Crippen LogP contribution < -0.4 is 5.73 Å². The molecule has 0 spiro atoms. The topological polar surface area (TPSA) is 49.5 Å². The van der Waals surface area contributed by atoms with Crippen molar-refractivity contribution in [3.05, 3.63) is 22.4 Å². The van der Waals surface area contributed by atoms with Gasteiger partial charge in [-0.2, -0.15) is 11.3 Å². The summed E-state index contributed by atoms with van der Waals surface area (Å²) in [6.45, 7) is 3.34. The second-order valence-corrected chi connectivity index (χ2v) is 5.36. The summed E-state index contributed by atoms with van der Waals surface area (Å²) in [5.74, 6) is 0. The van der Waals surface area contributed by atoms with Crippen molar-refractivity contribution in [3.63, 3.8) is 0 Å². The molecule has 1 aromatic rings. The summed E-state index contributed by atoms with van der Waals surface area (Å²) >= 11 is 1.71. The van der Waals surface area contributed by atoms with Crippen molar-refractivity contribution >= 4 is 11.3 Å². The summed E-state index contributed by atoms with van der Waals surface area (Å²) in [5.41, 5.74) is 7.40. The molecular formula is C12H20N2OS. The van der Waals surface area contributed by atoms with Crippen LogP contribution in [0.2, 0.25) is 0 Å². The van der Waals surface area contributed by atoms with Gasteiger partial charge in [-0.15, -0.1) is 0 Å². The van der Waals surface area contributed by atoms with Gasteiger partial charge in [-0.05, 0) is 48.7 Å². The van der Waals surface area contributed by atoms with Crippen molar-refractivity contribution in [2.75, 3.05) is 13.2 Å². The van der Waals surface area contributed by atoms with Crippen molar-refractivity contribution in [3.8, 4) is 0 Å². The zero-order valence-electron chi connectivity index (χ0n) is 9.67. The fourth-order valence-electron chi connectivity index (χ4n) is 2.66. The van der Waals surface area contributed by atoms with E-state index in [9.17, 15) is 5.11 Å².